The third kappa shape index (κ3) is 7.88. The Morgan fingerprint density at radius 2 is 1.64 bits per heavy atom. The Bertz CT molecular complexity index is 572. The van der Waals surface area contributed by atoms with Gasteiger partial charge in [0, 0.05) is 6.08 Å². The number of carbonyl (C=O) groups excluding carboxylic acids is 2. The van der Waals surface area contributed by atoms with E-state index in [0.717, 1.165) is 17.7 Å². The van der Waals surface area contributed by atoms with Gasteiger partial charge >= 0.3 is 11.9 Å². The Labute approximate surface area is 150 Å². The van der Waals surface area contributed by atoms with Gasteiger partial charge in [-0.1, -0.05) is 26.0 Å². The molecule has 0 aliphatic heterocycles. The predicted molar refractivity (Wildman–Crippen MR) is 97.3 cm³/mol. The molecule has 138 valence electrons. The molecule has 0 aromatic heterocycles. The molecule has 0 fully saturated rings. The molecular formula is C20H28O5. The Morgan fingerprint density at radius 3 is 2.24 bits per heavy atom. The first-order valence-electron chi connectivity index (χ1n) is 8.64. The number of hydrogen-bond donors (Lipinski definition) is 0. The molecule has 0 spiro atoms. The summed E-state index contributed by atoms with van der Waals surface area (Å²) in [7, 11) is 0. The fraction of sp³-hybridized carbons (Fsp3) is 0.500. The number of hydrogen-bond acceptors (Lipinski definition) is 5. The summed E-state index contributed by atoms with van der Waals surface area (Å²) in [5.41, 5.74) is 0.355. The van der Waals surface area contributed by atoms with E-state index in [1.54, 1.807) is 6.08 Å². The molecular weight excluding hydrogens is 320 g/mol. The van der Waals surface area contributed by atoms with Crippen molar-refractivity contribution in [2.45, 2.75) is 40.5 Å². The molecule has 1 aromatic rings. The molecule has 0 saturated carbocycles. The Balaban J connectivity index is 2.32. The molecule has 0 heterocycles. The third-order valence-electron chi connectivity index (χ3n) is 3.76. The fourth-order valence-electron chi connectivity index (χ4n) is 1.72. The summed E-state index contributed by atoms with van der Waals surface area (Å²) in [5.74, 6) is 0.0440. The summed E-state index contributed by atoms with van der Waals surface area (Å²) in [5, 5.41) is 0. The van der Waals surface area contributed by atoms with Crippen LogP contribution < -0.4 is 4.74 Å². The fourth-order valence-corrected chi connectivity index (χ4v) is 1.72. The molecule has 0 unspecified atom stereocenters. The molecule has 0 saturated heterocycles. The lowest BCUT2D eigenvalue weighted by molar-refractivity contribution is -0.157. The zero-order chi connectivity index (χ0) is 18.7. The first-order valence-corrected chi connectivity index (χ1v) is 8.64. The molecule has 0 amide bonds. The van der Waals surface area contributed by atoms with Crippen molar-refractivity contribution in [1.82, 2.24) is 0 Å². The summed E-state index contributed by atoms with van der Waals surface area (Å²) in [6.45, 7) is 8.40. The monoisotopic (exact) mass is 348 g/mol. The van der Waals surface area contributed by atoms with Crippen LogP contribution in [-0.2, 0) is 19.1 Å². The van der Waals surface area contributed by atoms with E-state index in [2.05, 4.69) is 0 Å². The Hall–Kier alpha value is -2.30. The molecule has 0 aliphatic carbocycles. The van der Waals surface area contributed by atoms with Crippen LogP contribution in [0.15, 0.2) is 30.3 Å². The van der Waals surface area contributed by atoms with E-state index in [-0.39, 0.29) is 19.2 Å². The van der Waals surface area contributed by atoms with E-state index >= 15 is 0 Å². The number of ether oxygens (including phenoxy) is 3. The number of benzene rings is 1. The van der Waals surface area contributed by atoms with Crippen LogP contribution in [0.3, 0.4) is 0 Å². The predicted octanol–water partition coefficient (Wildman–Crippen LogP) is 4.01. The van der Waals surface area contributed by atoms with Crippen LogP contribution in [0, 0.1) is 5.41 Å². The Kier molecular flexibility index (Phi) is 8.75. The second-order valence-corrected chi connectivity index (χ2v) is 6.29. The van der Waals surface area contributed by atoms with Crippen molar-refractivity contribution >= 4 is 18.0 Å². The molecule has 25 heavy (non-hydrogen) atoms. The van der Waals surface area contributed by atoms with E-state index in [9.17, 15) is 9.59 Å². The van der Waals surface area contributed by atoms with Gasteiger partial charge < -0.3 is 14.2 Å². The highest BCUT2D eigenvalue weighted by molar-refractivity contribution is 5.87. The third-order valence-corrected chi connectivity index (χ3v) is 3.76. The number of rotatable bonds is 10. The van der Waals surface area contributed by atoms with Crippen LogP contribution in [0.1, 0.15) is 46.1 Å². The van der Waals surface area contributed by atoms with E-state index < -0.39 is 11.4 Å². The largest absolute Gasteiger partial charge is 0.494 e. The van der Waals surface area contributed by atoms with Gasteiger partial charge in [-0.2, -0.15) is 0 Å². The van der Waals surface area contributed by atoms with Crippen molar-refractivity contribution in [3.8, 4) is 5.75 Å². The topological polar surface area (TPSA) is 61.8 Å². The van der Waals surface area contributed by atoms with Crippen molar-refractivity contribution in [2.24, 2.45) is 5.41 Å². The van der Waals surface area contributed by atoms with Gasteiger partial charge in [0.05, 0.1) is 12.0 Å². The highest BCUT2D eigenvalue weighted by atomic mass is 16.6. The zero-order valence-corrected chi connectivity index (χ0v) is 15.5. The SMILES string of the molecule is CCCOc1ccc(/C=C/C(=O)OCCOC(=O)C(C)(C)CC)cc1. The zero-order valence-electron chi connectivity index (χ0n) is 15.5. The summed E-state index contributed by atoms with van der Waals surface area (Å²) in [6, 6.07) is 7.44. The molecule has 1 aromatic carbocycles. The maximum absolute atomic E-state index is 11.8. The second kappa shape index (κ2) is 10.5. The lowest BCUT2D eigenvalue weighted by Gasteiger charge is -2.20. The lowest BCUT2D eigenvalue weighted by Crippen LogP contribution is -2.27. The first kappa shape index (κ1) is 20.7. The average molecular weight is 348 g/mol. The van der Waals surface area contributed by atoms with Gasteiger partial charge in [0.1, 0.15) is 19.0 Å². The lowest BCUT2D eigenvalue weighted by atomic mass is 9.91. The van der Waals surface area contributed by atoms with Crippen LogP contribution in [-0.4, -0.2) is 31.8 Å². The summed E-state index contributed by atoms with van der Waals surface area (Å²) >= 11 is 0. The number of esters is 2. The van der Waals surface area contributed by atoms with Crippen LogP contribution >= 0.6 is 0 Å². The van der Waals surface area contributed by atoms with Gasteiger partial charge in [0.25, 0.3) is 0 Å². The van der Waals surface area contributed by atoms with Crippen LogP contribution in [0.2, 0.25) is 0 Å². The summed E-state index contributed by atoms with van der Waals surface area (Å²) < 4.78 is 15.6. The van der Waals surface area contributed by atoms with E-state index in [4.69, 9.17) is 14.2 Å². The Morgan fingerprint density at radius 1 is 1.00 bits per heavy atom. The van der Waals surface area contributed by atoms with Gasteiger partial charge in [-0.25, -0.2) is 4.79 Å². The van der Waals surface area contributed by atoms with Crippen LogP contribution in [0.25, 0.3) is 6.08 Å². The van der Waals surface area contributed by atoms with Crippen molar-refractivity contribution < 1.29 is 23.8 Å². The minimum absolute atomic E-state index is 0.0402. The van der Waals surface area contributed by atoms with Gasteiger partial charge in [0.2, 0.25) is 0 Å². The maximum atomic E-state index is 11.8. The highest BCUT2D eigenvalue weighted by Gasteiger charge is 2.26. The molecule has 5 heteroatoms. The first-order chi connectivity index (χ1) is 11.9. The molecule has 1 rings (SSSR count). The van der Waals surface area contributed by atoms with E-state index in [0.29, 0.717) is 13.0 Å². The average Bonchev–Trinajstić information content (AvgIpc) is 2.62. The van der Waals surface area contributed by atoms with Crippen molar-refractivity contribution in [1.29, 1.82) is 0 Å². The van der Waals surface area contributed by atoms with Crippen molar-refractivity contribution in [3.05, 3.63) is 35.9 Å². The van der Waals surface area contributed by atoms with Crippen LogP contribution in [0.4, 0.5) is 0 Å². The van der Waals surface area contributed by atoms with Gasteiger partial charge in [-0.3, -0.25) is 4.79 Å². The molecule has 0 N–H and O–H groups in total. The standard InChI is InChI=1S/C20H28O5/c1-5-13-23-17-10-7-16(8-11-17)9-12-18(21)24-14-15-25-19(22)20(3,4)6-2/h7-12H,5-6,13-15H2,1-4H3/b12-9+. The molecule has 0 aliphatic rings. The van der Waals surface area contributed by atoms with E-state index in [1.807, 2.05) is 52.0 Å². The summed E-state index contributed by atoms with van der Waals surface area (Å²) in [4.78, 5) is 23.4. The molecule has 0 radical (unpaired) electrons. The quantitative estimate of drug-likeness (QED) is 0.363. The molecule has 0 bridgehead atoms. The van der Waals surface area contributed by atoms with Crippen molar-refractivity contribution in [2.75, 3.05) is 19.8 Å². The minimum atomic E-state index is -0.517. The van der Waals surface area contributed by atoms with Gasteiger partial charge in [-0.15, -0.1) is 0 Å². The molecule has 0 atom stereocenters. The van der Waals surface area contributed by atoms with Gasteiger partial charge in [0.15, 0.2) is 0 Å². The summed E-state index contributed by atoms with van der Waals surface area (Å²) in [6.07, 6.45) is 4.66. The van der Waals surface area contributed by atoms with Gasteiger partial charge in [-0.05, 0) is 50.5 Å². The normalized spacial score (nSPS) is 11.4. The van der Waals surface area contributed by atoms with E-state index in [1.165, 1.54) is 6.08 Å². The number of carbonyl (C=O) groups is 2. The smallest absolute Gasteiger partial charge is 0.330 e. The minimum Gasteiger partial charge on any atom is -0.494 e. The van der Waals surface area contributed by atoms with Crippen molar-refractivity contribution in [3.63, 3.8) is 0 Å². The highest BCUT2D eigenvalue weighted by Crippen LogP contribution is 2.21. The maximum Gasteiger partial charge on any atom is 0.330 e. The second-order valence-electron chi connectivity index (χ2n) is 6.29. The van der Waals surface area contributed by atoms with Crippen LogP contribution in [0.5, 0.6) is 5.75 Å². The molecule has 5 nitrogen and oxygen atoms in total.